The van der Waals surface area contributed by atoms with Gasteiger partial charge in [-0.2, -0.15) is 0 Å². The van der Waals surface area contributed by atoms with Crippen LogP contribution in [0.25, 0.3) is 0 Å². The molecule has 0 unspecified atom stereocenters. The number of hydrogen-bond acceptors (Lipinski definition) is 3. The summed E-state index contributed by atoms with van der Waals surface area (Å²) in [6.45, 7) is 1.71. The summed E-state index contributed by atoms with van der Waals surface area (Å²) in [6.07, 6.45) is 0. The van der Waals surface area contributed by atoms with E-state index in [4.69, 9.17) is 10.2 Å². The molecule has 0 bridgehead atoms. The van der Waals surface area contributed by atoms with Gasteiger partial charge in [-0.3, -0.25) is 0 Å². The number of rotatable bonds is 3. The van der Waals surface area contributed by atoms with Crippen LogP contribution < -0.4 is 5.32 Å². The minimum Gasteiger partial charge on any atom is -0.478 e. The van der Waals surface area contributed by atoms with Crippen molar-refractivity contribution in [3.05, 3.63) is 28.8 Å². The molecule has 3 N–H and O–H groups in total. The van der Waals surface area contributed by atoms with Gasteiger partial charge < -0.3 is 15.5 Å². The van der Waals surface area contributed by atoms with Gasteiger partial charge in [0.2, 0.25) is 0 Å². The predicted molar refractivity (Wildman–Crippen MR) is 54.6 cm³/mol. The Morgan fingerprint density at radius 1 is 1.20 bits per heavy atom. The zero-order chi connectivity index (χ0) is 11.6. The molecule has 0 atom stereocenters. The predicted octanol–water partition coefficient (Wildman–Crippen LogP) is 1.43. The highest BCUT2D eigenvalue weighted by molar-refractivity contribution is 6.06. The summed E-state index contributed by atoms with van der Waals surface area (Å²) >= 11 is 0. The molecule has 0 amide bonds. The number of carboxylic acids is 2. The van der Waals surface area contributed by atoms with Gasteiger partial charge in [0.1, 0.15) is 0 Å². The third-order valence-electron chi connectivity index (χ3n) is 2.11. The fraction of sp³-hybridized carbons (Fsp3) is 0.200. The van der Waals surface area contributed by atoms with Crippen molar-refractivity contribution in [2.45, 2.75) is 6.92 Å². The first-order valence-electron chi connectivity index (χ1n) is 4.27. The van der Waals surface area contributed by atoms with Crippen molar-refractivity contribution in [3.63, 3.8) is 0 Å². The second-order valence-corrected chi connectivity index (χ2v) is 3.04. The van der Waals surface area contributed by atoms with E-state index in [1.807, 2.05) is 0 Å². The van der Waals surface area contributed by atoms with E-state index in [2.05, 4.69) is 5.32 Å². The number of aromatic carboxylic acids is 2. The molecule has 5 heteroatoms. The van der Waals surface area contributed by atoms with Crippen LogP contribution in [0.5, 0.6) is 0 Å². The standard InChI is InChI=1S/C10H11NO4/c1-5-3-4-6(9(12)13)7(10(14)15)8(5)11-2/h3-4,11H,1-2H3,(H,12,13)(H,14,15). The monoisotopic (exact) mass is 209 g/mol. The Hall–Kier alpha value is -2.04. The Kier molecular flexibility index (Phi) is 2.94. The zero-order valence-electron chi connectivity index (χ0n) is 8.37. The van der Waals surface area contributed by atoms with Gasteiger partial charge >= 0.3 is 11.9 Å². The third-order valence-corrected chi connectivity index (χ3v) is 2.11. The normalized spacial score (nSPS) is 9.73. The minimum atomic E-state index is -1.25. The molecule has 0 saturated heterocycles. The van der Waals surface area contributed by atoms with Gasteiger partial charge in [0.25, 0.3) is 0 Å². The maximum absolute atomic E-state index is 11.0. The molecule has 0 fully saturated rings. The topological polar surface area (TPSA) is 86.6 Å². The number of carbonyl (C=O) groups is 2. The Bertz CT molecular complexity index is 426. The zero-order valence-corrected chi connectivity index (χ0v) is 8.37. The molecular formula is C10H11NO4. The number of hydrogen-bond donors (Lipinski definition) is 3. The van der Waals surface area contributed by atoms with Gasteiger partial charge in [-0.25, -0.2) is 9.59 Å². The van der Waals surface area contributed by atoms with Crippen LogP contribution in [0.4, 0.5) is 5.69 Å². The van der Waals surface area contributed by atoms with Gasteiger partial charge in [-0.15, -0.1) is 0 Å². The van der Waals surface area contributed by atoms with Crippen molar-refractivity contribution in [1.29, 1.82) is 0 Å². The summed E-state index contributed by atoms with van der Waals surface area (Å²) in [6, 6.07) is 2.86. The van der Waals surface area contributed by atoms with Crippen LogP contribution in [0.1, 0.15) is 26.3 Å². The number of aryl methyl sites for hydroxylation is 1. The average Bonchev–Trinajstić information content (AvgIpc) is 2.16. The molecule has 80 valence electrons. The average molecular weight is 209 g/mol. The van der Waals surface area contributed by atoms with E-state index >= 15 is 0 Å². The van der Waals surface area contributed by atoms with Crippen LogP contribution in [0, 0.1) is 6.92 Å². The van der Waals surface area contributed by atoms with E-state index in [0.717, 1.165) is 0 Å². The summed E-state index contributed by atoms with van der Waals surface area (Å²) in [5.41, 5.74) is 0.616. The van der Waals surface area contributed by atoms with Crippen LogP contribution in [0.2, 0.25) is 0 Å². The largest absolute Gasteiger partial charge is 0.478 e. The lowest BCUT2D eigenvalue weighted by molar-refractivity contribution is 0.0652. The fourth-order valence-corrected chi connectivity index (χ4v) is 1.43. The fourth-order valence-electron chi connectivity index (χ4n) is 1.43. The highest BCUT2D eigenvalue weighted by Crippen LogP contribution is 2.24. The number of anilines is 1. The van der Waals surface area contributed by atoms with Crippen molar-refractivity contribution >= 4 is 17.6 Å². The SMILES string of the molecule is CNc1c(C)ccc(C(=O)O)c1C(=O)O. The molecule has 0 radical (unpaired) electrons. The summed E-state index contributed by atoms with van der Waals surface area (Å²) < 4.78 is 0. The minimum absolute atomic E-state index is 0.204. The van der Waals surface area contributed by atoms with Crippen LogP contribution in [0.15, 0.2) is 12.1 Å². The van der Waals surface area contributed by atoms with E-state index < -0.39 is 11.9 Å². The molecule has 0 saturated carbocycles. The highest BCUT2D eigenvalue weighted by Gasteiger charge is 2.20. The van der Waals surface area contributed by atoms with Crippen LogP contribution in [-0.2, 0) is 0 Å². The van der Waals surface area contributed by atoms with E-state index in [1.54, 1.807) is 20.0 Å². The summed E-state index contributed by atoms with van der Waals surface area (Å²) in [5.74, 6) is -2.50. The Balaban J connectivity index is 3.56. The van der Waals surface area contributed by atoms with Crippen LogP contribution in [-0.4, -0.2) is 29.2 Å². The summed E-state index contributed by atoms with van der Waals surface area (Å²) in [7, 11) is 1.56. The van der Waals surface area contributed by atoms with Crippen molar-refractivity contribution in [1.82, 2.24) is 0 Å². The molecule has 0 spiro atoms. The summed E-state index contributed by atoms with van der Waals surface area (Å²) in [5, 5.41) is 20.5. The molecule has 1 aromatic carbocycles. The third kappa shape index (κ3) is 1.90. The van der Waals surface area contributed by atoms with Gasteiger partial charge in [0.15, 0.2) is 0 Å². The van der Waals surface area contributed by atoms with Gasteiger partial charge in [-0.05, 0) is 18.6 Å². The van der Waals surface area contributed by atoms with E-state index in [0.29, 0.717) is 11.3 Å². The van der Waals surface area contributed by atoms with Gasteiger partial charge in [0, 0.05) is 7.05 Å². The molecule has 1 rings (SSSR count). The molecule has 0 heterocycles. The molecule has 0 aliphatic carbocycles. The van der Waals surface area contributed by atoms with Crippen LogP contribution >= 0.6 is 0 Å². The van der Waals surface area contributed by atoms with Gasteiger partial charge in [0.05, 0.1) is 16.8 Å². The van der Waals surface area contributed by atoms with E-state index in [-0.39, 0.29) is 11.1 Å². The lowest BCUT2D eigenvalue weighted by Gasteiger charge is -2.11. The van der Waals surface area contributed by atoms with Crippen LogP contribution in [0.3, 0.4) is 0 Å². The quantitative estimate of drug-likeness (QED) is 0.701. The second-order valence-electron chi connectivity index (χ2n) is 3.04. The number of benzene rings is 1. The molecule has 0 aliphatic heterocycles. The lowest BCUT2D eigenvalue weighted by atomic mass is 10.0. The van der Waals surface area contributed by atoms with Crippen molar-refractivity contribution in [2.24, 2.45) is 0 Å². The number of carboxylic acid groups (broad SMARTS) is 2. The molecule has 15 heavy (non-hydrogen) atoms. The van der Waals surface area contributed by atoms with E-state index in [1.165, 1.54) is 6.07 Å². The Morgan fingerprint density at radius 2 is 1.80 bits per heavy atom. The maximum atomic E-state index is 11.0. The molecular weight excluding hydrogens is 198 g/mol. The summed E-state index contributed by atoms with van der Waals surface area (Å²) in [4.78, 5) is 21.8. The van der Waals surface area contributed by atoms with Crippen molar-refractivity contribution < 1.29 is 19.8 Å². The Labute approximate surface area is 86.4 Å². The smallest absolute Gasteiger partial charge is 0.338 e. The maximum Gasteiger partial charge on any atom is 0.338 e. The molecule has 1 aromatic rings. The number of nitrogens with one attached hydrogen (secondary N) is 1. The lowest BCUT2D eigenvalue weighted by Crippen LogP contribution is -2.12. The van der Waals surface area contributed by atoms with E-state index in [9.17, 15) is 9.59 Å². The first-order valence-corrected chi connectivity index (χ1v) is 4.27. The molecule has 0 aliphatic rings. The van der Waals surface area contributed by atoms with Crippen molar-refractivity contribution in [2.75, 3.05) is 12.4 Å². The highest BCUT2D eigenvalue weighted by atomic mass is 16.4. The van der Waals surface area contributed by atoms with Crippen molar-refractivity contribution in [3.8, 4) is 0 Å². The first-order chi connectivity index (χ1) is 6.99. The second kappa shape index (κ2) is 4.00. The Morgan fingerprint density at radius 3 is 2.20 bits per heavy atom. The first kappa shape index (κ1) is 11.0. The van der Waals surface area contributed by atoms with Gasteiger partial charge in [-0.1, -0.05) is 6.07 Å². The molecule has 5 nitrogen and oxygen atoms in total. The molecule has 0 aromatic heterocycles.